The molecule has 2 atom stereocenters. The van der Waals surface area contributed by atoms with Gasteiger partial charge < -0.3 is 19.5 Å². The normalized spacial score (nSPS) is 22.4. The van der Waals surface area contributed by atoms with Crippen molar-refractivity contribution in [2.24, 2.45) is 0 Å². The van der Waals surface area contributed by atoms with Gasteiger partial charge in [0.05, 0.1) is 6.54 Å². The van der Waals surface area contributed by atoms with Crippen LogP contribution in [0.25, 0.3) is 0 Å². The van der Waals surface area contributed by atoms with Crippen molar-refractivity contribution < 1.29 is 19.4 Å². The summed E-state index contributed by atoms with van der Waals surface area (Å²) in [5.41, 5.74) is 0.886. The first-order valence-electron chi connectivity index (χ1n) is 9.28. The molecule has 1 amide bonds. The van der Waals surface area contributed by atoms with Crippen molar-refractivity contribution in [1.29, 1.82) is 0 Å². The number of β-amino-alcohol motifs (C(OH)–C–C–N with tert-alkyl or cyclic N) is 1. The zero-order valence-corrected chi connectivity index (χ0v) is 16.1. The number of piperidine rings is 1. The van der Waals surface area contributed by atoms with Gasteiger partial charge in [-0.2, -0.15) is 0 Å². The van der Waals surface area contributed by atoms with Gasteiger partial charge in [0.25, 0.3) is 5.91 Å². The van der Waals surface area contributed by atoms with E-state index in [2.05, 4.69) is 0 Å². The lowest BCUT2D eigenvalue weighted by Crippen LogP contribution is -2.59. The summed E-state index contributed by atoms with van der Waals surface area (Å²) in [6.45, 7) is 6.36. The van der Waals surface area contributed by atoms with Crippen molar-refractivity contribution in [2.45, 2.75) is 38.9 Å². The van der Waals surface area contributed by atoms with Crippen molar-refractivity contribution in [1.82, 2.24) is 4.90 Å². The van der Waals surface area contributed by atoms with Gasteiger partial charge in [-0.15, -0.1) is 0 Å². The van der Waals surface area contributed by atoms with Crippen LogP contribution in [-0.4, -0.2) is 47.3 Å². The first-order valence-corrected chi connectivity index (χ1v) is 9.28. The molecule has 0 aliphatic carbocycles. The van der Waals surface area contributed by atoms with Crippen LogP contribution >= 0.6 is 0 Å². The van der Waals surface area contributed by atoms with Crippen LogP contribution in [-0.2, 0) is 4.79 Å². The van der Waals surface area contributed by atoms with E-state index in [0.29, 0.717) is 13.0 Å². The van der Waals surface area contributed by atoms with Crippen LogP contribution in [0.5, 0.6) is 11.5 Å². The number of hydrogen-bond acceptors (Lipinski definition) is 4. The molecule has 1 aliphatic rings. The van der Waals surface area contributed by atoms with Gasteiger partial charge >= 0.3 is 0 Å². The van der Waals surface area contributed by atoms with E-state index in [1.807, 2.05) is 62.4 Å². The van der Waals surface area contributed by atoms with E-state index in [9.17, 15) is 9.90 Å². The smallest absolute Gasteiger partial charge is 0.260 e. The predicted molar refractivity (Wildman–Crippen MR) is 104 cm³/mol. The van der Waals surface area contributed by atoms with Gasteiger partial charge in [-0.3, -0.25) is 4.79 Å². The highest BCUT2D eigenvalue weighted by Crippen LogP contribution is 2.27. The van der Waals surface area contributed by atoms with Gasteiger partial charge in [0.1, 0.15) is 23.2 Å². The number of nitrogens with zero attached hydrogens (tertiary/aromatic N) is 1. The van der Waals surface area contributed by atoms with Crippen molar-refractivity contribution in [3.63, 3.8) is 0 Å². The Morgan fingerprint density at radius 3 is 2.44 bits per heavy atom. The Labute approximate surface area is 160 Å². The molecule has 0 radical (unpaired) electrons. The lowest BCUT2D eigenvalue weighted by atomic mass is 9.91. The molecule has 5 nitrogen and oxygen atoms in total. The molecule has 27 heavy (non-hydrogen) atoms. The van der Waals surface area contributed by atoms with Crippen molar-refractivity contribution in [2.75, 3.05) is 19.7 Å². The van der Waals surface area contributed by atoms with Gasteiger partial charge in [0, 0.05) is 13.0 Å². The van der Waals surface area contributed by atoms with Crippen LogP contribution in [0.3, 0.4) is 0 Å². The summed E-state index contributed by atoms with van der Waals surface area (Å²) in [5.74, 6) is 1.34. The van der Waals surface area contributed by atoms with E-state index in [1.165, 1.54) is 0 Å². The molecule has 1 fully saturated rings. The van der Waals surface area contributed by atoms with Crippen LogP contribution in [0.15, 0.2) is 48.5 Å². The molecule has 1 heterocycles. The molecular formula is C22H27NO4. The third-order valence-electron chi connectivity index (χ3n) is 4.99. The van der Waals surface area contributed by atoms with Gasteiger partial charge in [-0.25, -0.2) is 0 Å². The molecule has 0 spiro atoms. The van der Waals surface area contributed by atoms with E-state index in [0.717, 1.165) is 22.6 Å². The second-order valence-electron chi connectivity index (χ2n) is 7.39. The summed E-state index contributed by atoms with van der Waals surface area (Å²) in [6.07, 6.45) is 0.209. The van der Waals surface area contributed by atoms with Gasteiger partial charge in [-0.1, -0.05) is 36.4 Å². The third kappa shape index (κ3) is 4.61. The number of benzene rings is 2. The molecule has 0 aromatic heterocycles. The highest BCUT2D eigenvalue weighted by molar-refractivity contribution is 5.78. The summed E-state index contributed by atoms with van der Waals surface area (Å²) in [6, 6.07) is 15.3. The molecule has 0 bridgehead atoms. The van der Waals surface area contributed by atoms with Gasteiger partial charge in [-0.05, 0) is 44.0 Å². The minimum Gasteiger partial charge on any atom is -0.487 e. The predicted octanol–water partition coefficient (Wildman–Crippen LogP) is 3.11. The van der Waals surface area contributed by atoms with Crippen molar-refractivity contribution >= 4 is 5.91 Å². The minimum atomic E-state index is -1.12. The Hall–Kier alpha value is -2.53. The zero-order chi connectivity index (χ0) is 19.4. The van der Waals surface area contributed by atoms with Crippen LogP contribution < -0.4 is 9.47 Å². The first-order chi connectivity index (χ1) is 12.9. The highest BCUT2D eigenvalue weighted by atomic mass is 16.5. The molecule has 2 aromatic rings. The monoisotopic (exact) mass is 369 g/mol. The summed E-state index contributed by atoms with van der Waals surface area (Å²) in [4.78, 5) is 14.2. The van der Waals surface area contributed by atoms with E-state index < -0.39 is 5.60 Å². The molecule has 0 saturated carbocycles. The first kappa shape index (κ1) is 19.2. The number of carbonyl (C=O) groups excluding carboxylic acids is 1. The number of amides is 1. The van der Waals surface area contributed by atoms with E-state index in [-0.39, 0.29) is 25.2 Å². The minimum absolute atomic E-state index is 0.0357. The SMILES string of the molecule is Cc1cccc(C)c1OCC(=O)N1CC[C@H](Oc2ccccc2)[C@@](C)(O)C1. The Morgan fingerprint density at radius 1 is 1.15 bits per heavy atom. The fourth-order valence-electron chi connectivity index (χ4n) is 3.47. The van der Waals surface area contributed by atoms with Crippen LogP contribution in [0.1, 0.15) is 24.5 Å². The van der Waals surface area contributed by atoms with Crippen LogP contribution in [0.4, 0.5) is 0 Å². The van der Waals surface area contributed by atoms with E-state index in [4.69, 9.17) is 9.47 Å². The standard InChI is InChI=1S/C22H27NO4/c1-16-8-7-9-17(2)21(16)26-14-20(24)23-13-12-19(22(3,25)15-23)27-18-10-5-4-6-11-18/h4-11,19,25H,12-15H2,1-3H3/t19-,22-/m0/s1. The average Bonchev–Trinajstić information content (AvgIpc) is 2.63. The zero-order valence-electron chi connectivity index (χ0n) is 16.1. The maximum Gasteiger partial charge on any atom is 0.260 e. The second kappa shape index (κ2) is 8.01. The molecule has 2 aromatic carbocycles. The molecule has 3 rings (SSSR count). The molecule has 1 N–H and O–H groups in total. The number of aryl methyl sites for hydroxylation is 2. The van der Waals surface area contributed by atoms with Crippen LogP contribution in [0, 0.1) is 13.8 Å². The summed E-state index contributed by atoms with van der Waals surface area (Å²) in [5, 5.41) is 10.8. The van der Waals surface area contributed by atoms with Crippen molar-refractivity contribution in [3.05, 3.63) is 59.7 Å². The maximum atomic E-state index is 12.6. The second-order valence-corrected chi connectivity index (χ2v) is 7.39. The fourth-order valence-corrected chi connectivity index (χ4v) is 3.47. The number of likely N-dealkylation sites (tertiary alicyclic amines) is 1. The average molecular weight is 369 g/mol. The summed E-state index contributed by atoms with van der Waals surface area (Å²) >= 11 is 0. The highest BCUT2D eigenvalue weighted by Gasteiger charge is 2.41. The fraction of sp³-hybridized carbons (Fsp3) is 0.409. The number of para-hydroxylation sites is 2. The lowest BCUT2D eigenvalue weighted by molar-refractivity contribution is -0.147. The maximum absolute atomic E-state index is 12.6. The quantitative estimate of drug-likeness (QED) is 0.880. The van der Waals surface area contributed by atoms with Crippen LogP contribution in [0.2, 0.25) is 0 Å². The number of aliphatic hydroxyl groups is 1. The van der Waals surface area contributed by atoms with E-state index >= 15 is 0 Å². The Kier molecular flexibility index (Phi) is 5.71. The Balaban J connectivity index is 1.58. The van der Waals surface area contributed by atoms with Gasteiger partial charge in [0.2, 0.25) is 0 Å². The van der Waals surface area contributed by atoms with E-state index in [1.54, 1.807) is 11.8 Å². The number of carbonyl (C=O) groups is 1. The van der Waals surface area contributed by atoms with Crippen molar-refractivity contribution in [3.8, 4) is 11.5 Å². The lowest BCUT2D eigenvalue weighted by Gasteiger charge is -2.42. The van der Waals surface area contributed by atoms with Gasteiger partial charge in [0.15, 0.2) is 6.61 Å². The summed E-state index contributed by atoms with van der Waals surface area (Å²) in [7, 11) is 0. The Bertz CT molecular complexity index is 768. The third-order valence-corrected chi connectivity index (χ3v) is 4.99. The molecule has 1 aliphatic heterocycles. The number of rotatable bonds is 5. The topological polar surface area (TPSA) is 59.0 Å². The summed E-state index contributed by atoms with van der Waals surface area (Å²) < 4.78 is 11.7. The molecule has 5 heteroatoms. The molecule has 144 valence electrons. The molecular weight excluding hydrogens is 342 g/mol. The Morgan fingerprint density at radius 2 is 1.81 bits per heavy atom. The number of ether oxygens (including phenoxy) is 2. The molecule has 1 saturated heterocycles. The number of hydrogen-bond donors (Lipinski definition) is 1. The largest absolute Gasteiger partial charge is 0.487 e. The molecule has 0 unspecified atom stereocenters.